The van der Waals surface area contributed by atoms with Gasteiger partial charge in [-0.2, -0.15) is 0 Å². The van der Waals surface area contributed by atoms with Crippen LogP contribution in [0.3, 0.4) is 0 Å². The van der Waals surface area contributed by atoms with Gasteiger partial charge in [-0.3, -0.25) is 0 Å². The van der Waals surface area contributed by atoms with E-state index in [4.69, 9.17) is 0 Å². The average Bonchev–Trinajstić information content (AvgIpc) is 2.63. The van der Waals surface area contributed by atoms with Gasteiger partial charge in [-0.25, -0.2) is 14.5 Å². The van der Waals surface area contributed by atoms with Crippen molar-refractivity contribution < 1.29 is 9.59 Å². The van der Waals surface area contributed by atoms with E-state index in [9.17, 15) is 9.59 Å². The summed E-state index contributed by atoms with van der Waals surface area (Å²) in [5.74, 6) is 0. The minimum atomic E-state index is -0.447. The summed E-state index contributed by atoms with van der Waals surface area (Å²) in [7, 11) is 0. The molecular formula is C21H25N3O2. The molecule has 0 spiro atoms. The van der Waals surface area contributed by atoms with Crippen molar-refractivity contribution in [2.45, 2.75) is 45.2 Å². The molecule has 5 nitrogen and oxygen atoms in total. The molecule has 26 heavy (non-hydrogen) atoms. The van der Waals surface area contributed by atoms with Gasteiger partial charge in [0.1, 0.15) is 0 Å². The zero-order valence-electron chi connectivity index (χ0n) is 15.3. The van der Waals surface area contributed by atoms with Gasteiger partial charge in [0.2, 0.25) is 0 Å². The first-order valence-corrected chi connectivity index (χ1v) is 9.11. The molecular weight excluding hydrogens is 326 g/mol. The Kier molecular flexibility index (Phi) is 5.56. The van der Waals surface area contributed by atoms with E-state index in [1.54, 1.807) is 24.3 Å². The summed E-state index contributed by atoms with van der Waals surface area (Å²) in [4.78, 5) is 29.4. The Labute approximate surface area is 154 Å². The Morgan fingerprint density at radius 1 is 0.923 bits per heavy atom. The van der Waals surface area contributed by atoms with E-state index in [2.05, 4.69) is 5.32 Å². The first-order valence-electron chi connectivity index (χ1n) is 9.11. The van der Waals surface area contributed by atoms with Crippen LogP contribution >= 0.6 is 0 Å². The van der Waals surface area contributed by atoms with Crippen LogP contribution in [-0.2, 0) is 0 Å². The third-order valence-corrected chi connectivity index (χ3v) is 4.85. The van der Waals surface area contributed by atoms with Crippen molar-refractivity contribution in [1.82, 2.24) is 4.90 Å². The molecule has 136 valence electrons. The summed E-state index contributed by atoms with van der Waals surface area (Å²) in [6, 6.07) is 17.8. The maximum Gasteiger partial charge on any atom is 0.334 e. The zero-order valence-corrected chi connectivity index (χ0v) is 15.3. The summed E-state index contributed by atoms with van der Waals surface area (Å²) in [5, 5.41) is 2.83. The molecule has 0 radical (unpaired) electrons. The maximum atomic E-state index is 13.3. The molecule has 0 aromatic heterocycles. The molecule has 1 heterocycles. The summed E-state index contributed by atoms with van der Waals surface area (Å²) in [6.45, 7) is 4.09. The molecule has 4 amide bonds. The Bertz CT molecular complexity index is 738. The quantitative estimate of drug-likeness (QED) is 0.817. The van der Waals surface area contributed by atoms with Crippen molar-refractivity contribution in [3.8, 4) is 0 Å². The number of carbonyl (C=O) groups excluding carboxylic acids is 2. The minimum Gasteiger partial charge on any atom is -0.319 e. The van der Waals surface area contributed by atoms with E-state index >= 15 is 0 Å². The topological polar surface area (TPSA) is 52.7 Å². The molecule has 0 aliphatic carbocycles. The van der Waals surface area contributed by atoms with Crippen LogP contribution in [0.25, 0.3) is 0 Å². The predicted octanol–water partition coefficient (Wildman–Crippen LogP) is 5.11. The van der Waals surface area contributed by atoms with Crippen LogP contribution in [-0.4, -0.2) is 29.0 Å². The normalized spacial score (nSPS) is 19.7. The van der Waals surface area contributed by atoms with Crippen molar-refractivity contribution in [3.63, 3.8) is 0 Å². The van der Waals surface area contributed by atoms with Gasteiger partial charge < -0.3 is 10.2 Å². The van der Waals surface area contributed by atoms with Crippen molar-refractivity contribution >= 4 is 23.4 Å². The third kappa shape index (κ3) is 3.87. The Morgan fingerprint density at radius 2 is 1.46 bits per heavy atom. The lowest BCUT2D eigenvalue weighted by Gasteiger charge is -2.41. The van der Waals surface area contributed by atoms with Gasteiger partial charge in [0.25, 0.3) is 0 Å². The Morgan fingerprint density at radius 3 is 2.04 bits per heavy atom. The highest BCUT2D eigenvalue weighted by molar-refractivity contribution is 6.18. The largest absolute Gasteiger partial charge is 0.334 e. The molecule has 5 heteroatoms. The first-order chi connectivity index (χ1) is 12.6. The summed E-state index contributed by atoms with van der Waals surface area (Å²) >= 11 is 0. The number of urea groups is 2. The lowest BCUT2D eigenvalue weighted by Crippen LogP contribution is -2.55. The van der Waals surface area contributed by atoms with E-state index in [1.165, 1.54) is 4.90 Å². The Hall–Kier alpha value is -2.82. The van der Waals surface area contributed by atoms with E-state index < -0.39 is 6.03 Å². The van der Waals surface area contributed by atoms with Gasteiger partial charge in [0.05, 0.1) is 5.69 Å². The van der Waals surface area contributed by atoms with Gasteiger partial charge >= 0.3 is 12.1 Å². The molecule has 1 aliphatic heterocycles. The van der Waals surface area contributed by atoms with Gasteiger partial charge in [-0.1, -0.05) is 36.4 Å². The number of carbonyl (C=O) groups is 2. The number of piperidine rings is 1. The average molecular weight is 351 g/mol. The molecule has 0 unspecified atom stereocenters. The van der Waals surface area contributed by atoms with Gasteiger partial charge in [-0.15, -0.1) is 0 Å². The number of benzene rings is 2. The monoisotopic (exact) mass is 351 g/mol. The zero-order chi connectivity index (χ0) is 18.5. The van der Waals surface area contributed by atoms with Crippen LogP contribution < -0.4 is 10.2 Å². The van der Waals surface area contributed by atoms with Crippen molar-refractivity contribution in [2.75, 3.05) is 10.2 Å². The molecule has 3 rings (SSSR count). The number of para-hydroxylation sites is 2. The number of likely N-dealkylation sites (tertiary alicyclic amines) is 1. The number of imide groups is 1. The predicted molar refractivity (Wildman–Crippen MR) is 104 cm³/mol. The second kappa shape index (κ2) is 8.04. The SMILES string of the molecule is C[C@@H]1CCC[C@H](C)N1C(=O)N(C(=O)Nc1ccccc1)c1ccccc1. The van der Waals surface area contributed by atoms with E-state index in [-0.39, 0.29) is 18.1 Å². The number of anilines is 2. The highest BCUT2D eigenvalue weighted by Gasteiger charge is 2.35. The molecule has 1 saturated heterocycles. The number of nitrogens with one attached hydrogen (secondary N) is 1. The van der Waals surface area contributed by atoms with Gasteiger partial charge in [0, 0.05) is 17.8 Å². The van der Waals surface area contributed by atoms with Crippen molar-refractivity contribution in [1.29, 1.82) is 0 Å². The van der Waals surface area contributed by atoms with Gasteiger partial charge in [-0.05, 0) is 57.4 Å². The number of rotatable bonds is 2. The fraction of sp³-hybridized carbons (Fsp3) is 0.333. The fourth-order valence-electron chi connectivity index (χ4n) is 3.51. The van der Waals surface area contributed by atoms with E-state index in [0.717, 1.165) is 19.3 Å². The molecule has 1 N–H and O–H groups in total. The van der Waals surface area contributed by atoms with Crippen LogP contribution in [0.5, 0.6) is 0 Å². The summed E-state index contributed by atoms with van der Waals surface area (Å²) in [5.41, 5.74) is 1.22. The summed E-state index contributed by atoms with van der Waals surface area (Å²) in [6.07, 6.45) is 3.02. The third-order valence-electron chi connectivity index (χ3n) is 4.85. The molecule has 0 bridgehead atoms. The standard InChI is InChI=1S/C21H25N3O2/c1-16-10-9-11-17(2)23(16)21(26)24(19-14-7-4-8-15-19)20(25)22-18-12-5-3-6-13-18/h3-8,12-17H,9-11H2,1-2H3,(H,22,25)/t16-,17+. The molecule has 1 aliphatic rings. The van der Waals surface area contributed by atoms with E-state index in [0.29, 0.717) is 11.4 Å². The minimum absolute atomic E-state index is 0.113. The molecule has 0 saturated carbocycles. The van der Waals surface area contributed by atoms with Gasteiger partial charge in [0.15, 0.2) is 0 Å². The first kappa shape index (κ1) is 18.0. The highest BCUT2D eigenvalue weighted by Crippen LogP contribution is 2.26. The summed E-state index contributed by atoms with van der Waals surface area (Å²) < 4.78 is 0. The molecule has 2 aromatic carbocycles. The van der Waals surface area contributed by atoms with Crippen LogP contribution in [0.15, 0.2) is 60.7 Å². The van der Waals surface area contributed by atoms with Crippen LogP contribution in [0.1, 0.15) is 33.1 Å². The highest BCUT2D eigenvalue weighted by atomic mass is 16.2. The van der Waals surface area contributed by atoms with Crippen LogP contribution in [0, 0.1) is 0 Å². The van der Waals surface area contributed by atoms with Crippen molar-refractivity contribution in [3.05, 3.63) is 60.7 Å². The number of nitrogens with zero attached hydrogens (tertiary/aromatic N) is 2. The second-order valence-corrected chi connectivity index (χ2v) is 6.79. The second-order valence-electron chi connectivity index (χ2n) is 6.79. The number of hydrogen-bond donors (Lipinski definition) is 1. The maximum absolute atomic E-state index is 13.3. The fourth-order valence-corrected chi connectivity index (χ4v) is 3.51. The lowest BCUT2D eigenvalue weighted by molar-refractivity contribution is 0.129. The molecule has 1 fully saturated rings. The number of hydrogen-bond acceptors (Lipinski definition) is 2. The molecule has 2 aromatic rings. The van der Waals surface area contributed by atoms with Crippen LogP contribution in [0.4, 0.5) is 21.0 Å². The lowest BCUT2D eigenvalue weighted by atomic mass is 9.98. The van der Waals surface area contributed by atoms with Crippen molar-refractivity contribution in [2.24, 2.45) is 0 Å². The Balaban J connectivity index is 1.90. The smallest absolute Gasteiger partial charge is 0.319 e. The molecule has 2 atom stereocenters. The van der Waals surface area contributed by atoms with E-state index in [1.807, 2.05) is 55.1 Å². The number of amides is 4. The van der Waals surface area contributed by atoms with Crippen LogP contribution in [0.2, 0.25) is 0 Å².